The van der Waals surface area contributed by atoms with Crippen molar-refractivity contribution in [2.75, 3.05) is 6.54 Å². The van der Waals surface area contributed by atoms with Crippen LogP contribution in [-0.2, 0) is 0 Å². The lowest BCUT2D eigenvalue weighted by molar-refractivity contribution is 0.689. The molecule has 0 aliphatic carbocycles. The maximum absolute atomic E-state index is 4.19. The zero-order valence-electron chi connectivity index (χ0n) is 9.39. The number of hydrogen-bond acceptors (Lipinski definition) is 1. The average molecular weight is 169 g/mol. The van der Waals surface area contributed by atoms with Crippen molar-refractivity contribution >= 4 is 6.21 Å². The predicted molar refractivity (Wildman–Crippen MR) is 59.0 cm³/mol. The third kappa shape index (κ3) is 9.41. The van der Waals surface area contributed by atoms with Crippen LogP contribution >= 0.6 is 0 Å². The summed E-state index contributed by atoms with van der Waals surface area (Å²) in [5.41, 5.74) is 0.130. The second-order valence-corrected chi connectivity index (χ2v) is 2.95. The van der Waals surface area contributed by atoms with E-state index in [1.54, 1.807) is 0 Å². The van der Waals surface area contributed by atoms with E-state index in [1.807, 2.05) is 33.9 Å². The highest BCUT2D eigenvalue weighted by molar-refractivity contribution is 5.67. The Morgan fingerprint density at radius 1 is 1.25 bits per heavy atom. The molecule has 0 N–H and O–H groups in total. The molecule has 0 saturated heterocycles. The van der Waals surface area contributed by atoms with Gasteiger partial charge in [-0.3, -0.25) is 4.99 Å². The van der Waals surface area contributed by atoms with Crippen molar-refractivity contribution < 1.29 is 0 Å². The number of nitrogens with zero attached hydrogens (tertiary/aromatic N) is 1. The molecule has 1 nitrogen and oxygen atoms in total. The van der Waals surface area contributed by atoms with Crippen LogP contribution in [0.25, 0.3) is 0 Å². The van der Waals surface area contributed by atoms with Crippen molar-refractivity contribution in [1.29, 1.82) is 0 Å². The Morgan fingerprint density at radius 3 is 2.08 bits per heavy atom. The summed E-state index contributed by atoms with van der Waals surface area (Å²) >= 11 is 0. The lowest BCUT2D eigenvalue weighted by Gasteiger charge is -2.12. The molecule has 0 amide bonds. The van der Waals surface area contributed by atoms with Gasteiger partial charge in [0.25, 0.3) is 0 Å². The zero-order valence-corrected chi connectivity index (χ0v) is 9.39. The van der Waals surface area contributed by atoms with Crippen LogP contribution in [0, 0.1) is 5.41 Å². The number of allylic oxidation sites excluding steroid dienone is 2. The fraction of sp³-hybridized carbons (Fsp3) is 0.727. The van der Waals surface area contributed by atoms with Crippen LogP contribution in [-0.4, -0.2) is 12.8 Å². The second kappa shape index (κ2) is 8.51. The van der Waals surface area contributed by atoms with E-state index < -0.39 is 0 Å². The van der Waals surface area contributed by atoms with Crippen molar-refractivity contribution in [2.24, 2.45) is 10.4 Å². The Morgan fingerprint density at radius 2 is 1.75 bits per heavy atom. The number of hydrogen-bond donors (Lipinski definition) is 0. The van der Waals surface area contributed by atoms with Crippen molar-refractivity contribution in [2.45, 2.75) is 41.5 Å². The van der Waals surface area contributed by atoms with Gasteiger partial charge >= 0.3 is 0 Å². The third-order valence-electron chi connectivity index (χ3n) is 1.20. The summed E-state index contributed by atoms with van der Waals surface area (Å²) in [5.74, 6) is 0. The quantitative estimate of drug-likeness (QED) is 0.451. The van der Waals surface area contributed by atoms with E-state index in [0.29, 0.717) is 0 Å². The Labute approximate surface area is 77.6 Å². The lowest BCUT2D eigenvalue weighted by Crippen LogP contribution is -2.08. The normalized spacial score (nSPS) is 11.8. The molecule has 0 fully saturated rings. The first-order valence-electron chi connectivity index (χ1n) is 4.77. The molecule has 72 valence electrons. The minimum Gasteiger partial charge on any atom is -0.297 e. The fourth-order valence-electron chi connectivity index (χ4n) is 0.799. The smallest absolute Gasteiger partial charge is 0.0357 e. The minimum atomic E-state index is 0.130. The molecule has 0 saturated carbocycles. The van der Waals surface area contributed by atoms with E-state index in [4.69, 9.17) is 0 Å². The molecule has 0 bridgehead atoms. The third-order valence-corrected chi connectivity index (χ3v) is 1.20. The highest BCUT2D eigenvalue weighted by Crippen LogP contribution is 2.12. The van der Waals surface area contributed by atoms with Gasteiger partial charge in [0.15, 0.2) is 0 Å². The molecule has 0 aliphatic rings. The monoisotopic (exact) mass is 169 g/mol. The standard InChI is InChI=1S/C9H17N.C2H6/c1-5-7-9(3,4)8-10-6-2;1-2/h5,7-8H,6H2,1-4H3;1-2H3/b7-5-,10-8?;. The lowest BCUT2D eigenvalue weighted by atomic mass is 9.95. The van der Waals surface area contributed by atoms with Crippen molar-refractivity contribution in [3.8, 4) is 0 Å². The molecular formula is C11H23N. The summed E-state index contributed by atoms with van der Waals surface area (Å²) in [4.78, 5) is 4.19. The van der Waals surface area contributed by atoms with E-state index in [-0.39, 0.29) is 5.41 Å². The van der Waals surface area contributed by atoms with E-state index in [0.717, 1.165) is 6.54 Å². The molecule has 12 heavy (non-hydrogen) atoms. The van der Waals surface area contributed by atoms with Gasteiger partial charge in [0.05, 0.1) is 0 Å². The Kier molecular flexibility index (Phi) is 9.90. The molecule has 0 aromatic carbocycles. The van der Waals surface area contributed by atoms with Gasteiger partial charge in [-0.2, -0.15) is 0 Å². The van der Waals surface area contributed by atoms with Crippen LogP contribution < -0.4 is 0 Å². The van der Waals surface area contributed by atoms with Crippen LogP contribution in [0.15, 0.2) is 17.1 Å². The second-order valence-electron chi connectivity index (χ2n) is 2.95. The van der Waals surface area contributed by atoms with Crippen LogP contribution in [0.2, 0.25) is 0 Å². The minimum absolute atomic E-state index is 0.130. The molecule has 0 rings (SSSR count). The molecule has 0 radical (unpaired) electrons. The van der Waals surface area contributed by atoms with E-state index >= 15 is 0 Å². The molecule has 0 unspecified atom stereocenters. The number of aliphatic imine (C=N–C) groups is 1. The average Bonchev–Trinajstić information content (AvgIpc) is 2.05. The van der Waals surface area contributed by atoms with Crippen LogP contribution in [0.5, 0.6) is 0 Å². The molecule has 0 spiro atoms. The summed E-state index contributed by atoms with van der Waals surface area (Å²) in [6.07, 6.45) is 6.20. The maximum atomic E-state index is 4.19. The Hall–Kier alpha value is -0.590. The highest BCUT2D eigenvalue weighted by atomic mass is 14.7. The van der Waals surface area contributed by atoms with E-state index in [9.17, 15) is 0 Å². The summed E-state index contributed by atoms with van der Waals surface area (Å²) in [7, 11) is 0. The summed E-state index contributed by atoms with van der Waals surface area (Å²) < 4.78 is 0. The Bertz CT molecular complexity index is 132. The van der Waals surface area contributed by atoms with E-state index in [1.165, 1.54) is 0 Å². The molecule has 0 atom stereocenters. The molecule has 0 heterocycles. The molecule has 0 aliphatic heterocycles. The van der Waals surface area contributed by atoms with Crippen LogP contribution in [0.3, 0.4) is 0 Å². The fourth-order valence-corrected chi connectivity index (χ4v) is 0.799. The van der Waals surface area contributed by atoms with Crippen molar-refractivity contribution in [3.05, 3.63) is 12.2 Å². The molecule has 1 heteroatoms. The highest BCUT2D eigenvalue weighted by Gasteiger charge is 2.07. The van der Waals surface area contributed by atoms with Crippen LogP contribution in [0.1, 0.15) is 41.5 Å². The van der Waals surface area contributed by atoms with E-state index in [2.05, 4.69) is 31.0 Å². The van der Waals surface area contributed by atoms with Crippen molar-refractivity contribution in [1.82, 2.24) is 0 Å². The van der Waals surface area contributed by atoms with Crippen molar-refractivity contribution in [3.63, 3.8) is 0 Å². The van der Waals surface area contributed by atoms with Gasteiger partial charge in [0.2, 0.25) is 0 Å². The Balaban J connectivity index is 0. The number of rotatable bonds is 3. The maximum Gasteiger partial charge on any atom is 0.0357 e. The van der Waals surface area contributed by atoms with Gasteiger partial charge < -0.3 is 0 Å². The summed E-state index contributed by atoms with van der Waals surface area (Å²) in [6, 6.07) is 0. The topological polar surface area (TPSA) is 12.4 Å². The van der Waals surface area contributed by atoms with Gasteiger partial charge in [-0.25, -0.2) is 0 Å². The van der Waals surface area contributed by atoms with Gasteiger partial charge in [-0.15, -0.1) is 0 Å². The van der Waals surface area contributed by atoms with Gasteiger partial charge in [0.1, 0.15) is 0 Å². The van der Waals surface area contributed by atoms with Gasteiger partial charge in [-0.1, -0.05) is 39.8 Å². The predicted octanol–water partition coefficient (Wildman–Crippen LogP) is 3.71. The first-order chi connectivity index (χ1) is 5.62. The van der Waals surface area contributed by atoms with Gasteiger partial charge in [-0.05, 0) is 13.8 Å². The molecule has 0 aromatic heterocycles. The SMILES string of the molecule is C/C=C\C(C)(C)C=NCC.CC. The first kappa shape index (κ1) is 14.0. The van der Waals surface area contributed by atoms with Gasteiger partial charge in [0, 0.05) is 18.2 Å². The summed E-state index contributed by atoms with van der Waals surface area (Å²) in [5, 5.41) is 0. The first-order valence-corrected chi connectivity index (χ1v) is 4.77. The molecular weight excluding hydrogens is 146 g/mol. The summed E-state index contributed by atoms with van der Waals surface area (Å²) in [6.45, 7) is 13.2. The zero-order chi connectivity index (χ0) is 10.0. The van der Waals surface area contributed by atoms with Crippen LogP contribution in [0.4, 0.5) is 0 Å². The largest absolute Gasteiger partial charge is 0.297 e. The molecule has 0 aromatic rings.